The second kappa shape index (κ2) is 47.2. The van der Waals surface area contributed by atoms with Gasteiger partial charge in [0.05, 0.1) is 6.61 Å². The van der Waals surface area contributed by atoms with Gasteiger partial charge in [0.15, 0.2) is 6.10 Å². The molecule has 326 valence electrons. The molecule has 1 N–H and O–H groups in total. The average molecular weight is 785 g/mol. The Labute approximate surface area is 348 Å². The van der Waals surface area contributed by atoms with Crippen molar-refractivity contribution in [2.24, 2.45) is 0 Å². The predicted molar refractivity (Wildman–Crippen MR) is 242 cm³/mol. The zero-order valence-corrected chi connectivity index (χ0v) is 37.1. The van der Waals surface area contributed by atoms with Crippen LogP contribution in [-0.4, -0.2) is 36.4 Å². The maximum Gasteiger partial charge on any atom is 0.306 e. The molecule has 0 aliphatic rings. The van der Waals surface area contributed by atoms with Gasteiger partial charge in [0.25, 0.3) is 0 Å². The Morgan fingerprint density at radius 1 is 0.429 bits per heavy atom. The topological polar surface area (TPSA) is 72.8 Å². The molecule has 0 amide bonds. The van der Waals surface area contributed by atoms with Crippen molar-refractivity contribution in [2.75, 3.05) is 13.2 Å². The summed E-state index contributed by atoms with van der Waals surface area (Å²) in [6.07, 6.45) is 60.8. The monoisotopic (exact) mass is 785 g/mol. The van der Waals surface area contributed by atoms with E-state index in [9.17, 15) is 14.7 Å². The number of esters is 2. The van der Waals surface area contributed by atoms with E-state index in [1.165, 1.54) is 154 Å². The lowest BCUT2D eigenvalue weighted by Gasteiger charge is -2.15. The SMILES string of the molecule is CC/C=C\C/C=C\C/C=C\C/C=C\CCCCCCCCCCCCCCCCCCCCCCC(=O)OC(CO)COC(=O)CCCCCCCCCCC. The third-order valence-electron chi connectivity index (χ3n) is 10.6. The maximum absolute atomic E-state index is 12.2. The molecule has 0 spiro atoms. The molecule has 0 rings (SSSR count). The molecular formula is C51H92O5. The lowest BCUT2D eigenvalue weighted by Crippen LogP contribution is -2.28. The maximum atomic E-state index is 12.2. The van der Waals surface area contributed by atoms with Crippen LogP contribution in [0.25, 0.3) is 0 Å². The summed E-state index contributed by atoms with van der Waals surface area (Å²) >= 11 is 0. The molecule has 1 unspecified atom stereocenters. The Balaban J connectivity index is 3.40. The first kappa shape index (κ1) is 53.9. The minimum absolute atomic E-state index is 0.0614. The first-order chi connectivity index (χ1) is 27.6. The second-order valence-electron chi connectivity index (χ2n) is 16.2. The van der Waals surface area contributed by atoms with E-state index in [4.69, 9.17) is 9.47 Å². The summed E-state index contributed by atoms with van der Waals surface area (Å²) in [6, 6.07) is 0. The Morgan fingerprint density at radius 3 is 1.16 bits per heavy atom. The molecule has 56 heavy (non-hydrogen) atoms. The molecule has 0 aromatic heterocycles. The first-order valence-corrected chi connectivity index (χ1v) is 24.2. The molecule has 0 bridgehead atoms. The van der Waals surface area contributed by atoms with Gasteiger partial charge in [-0.3, -0.25) is 9.59 Å². The standard InChI is InChI=1S/C51H92O5/c1-3-5-7-9-11-13-14-15-16-17-18-19-20-21-22-23-24-25-26-27-28-29-30-31-32-33-34-35-36-38-40-42-44-46-51(54)56-49(47-52)48-55-50(53)45-43-41-39-37-12-10-8-6-4-2/h5,7,11,13,15-16,18-19,49,52H,3-4,6,8-10,12,14,17,20-48H2,1-2H3/b7-5-,13-11-,16-15-,19-18-. The van der Waals surface area contributed by atoms with E-state index >= 15 is 0 Å². The second-order valence-corrected chi connectivity index (χ2v) is 16.2. The molecule has 0 saturated carbocycles. The van der Waals surface area contributed by atoms with Gasteiger partial charge in [0.1, 0.15) is 6.61 Å². The van der Waals surface area contributed by atoms with Crippen molar-refractivity contribution in [1.29, 1.82) is 0 Å². The van der Waals surface area contributed by atoms with Crippen molar-refractivity contribution in [1.82, 2.24) is 0 Å². The summed E-state index contributed by atoms with van der Waals surface area (Å²) in [6.45, 7) is 4.02. The van der Waals surface area contributed by atoms with Gasteiger partial charge in [-0.25, -0.2) is 0 Å². The summed E-state index contributed by atoms with van der Waals surface area (Å²) in [7, 11) is 0. The zero-order chi connectivity index (χ0) is 40.7. The van der Waals surface area contributed by atoms with Gasteiger partial charge >= 0.3 is 11.9 Å². The van der Waals surface area contributed by atoms with Crippen molar-refractivity contribution in [2.45, 2.75) is 251 Å². The van der Waals surface area contributed by atoms with Gasteiger partial charge in [-0.2, -0.15) is 0 Å². The molecule has 0 radical (unpaired) electrons. The summed E-state index contributed by atoms with van der Waals surface area (Å²) in [4.78, 5) is 24.2. The normalized spacial score (nSPS) is 12.6. The number of carbonyl (C=O) groups excluding carboxylic acids is 2. The number of aliphatic hydroxyl groups is 1. The summed E-state index contributed by atoms with van der Waals surface area (Å²) < 4.78 is 10.6. The molecule has 0 aromatic rings. The number of aliphatic hydroxyl groups excluding tert-OH is 1. The first-order valence-electron chi connectivity index (χ1n) is 24.2. The van der Waals surface area contributed by atoms with Crippen molar-refractivity contribution >= 4 is 11.9 Å². The Hall–Kier alpha value is -2.14. The van der Waals surface area contributed by atoms with Crippen LogP contribution in [0.3, 0.4) is 0 Å². The van der Waals surface area contributed by atoms with Crippen LogP contribution in [0.4, 0.5) is 0 Å². The van der Waals surface area contributed by atoms with Crippen LogP contribution in [0.1, 0.15) is 245 Å². The minimum atomic E-state index is -0.766. The number of carbonyl (C=O) groups is 2. The molecule has 0 aromatic carbocycles. The predicted octanol–water partition coefficient (Wildman–Crippen LogP) is 15.7. The Morgan fingerprint density at radius 2 is 0.768 bits per heavy atom. The largest absolute Gasteiger partial charge is 0.462 e. The fourth-order valence-electron chi connectivity index (χ4n) is 7.02. The Bertz CT molecular complexity index is 935. The quantitative estimate of drug-likeness (QED) is 0.0378. The average Bonchev–Trinajstić information content (AvgIpc) is 3.20. The third-order valence-corrected chi connectivity index (χ3v) is 10.6. The molecule has 5 nitrogen and oxygen atoms in total. The number of hydrogen-bond donors (Lipinski definition) is 1. The highest BCUT2D eigenvalue weighted by molar-refractivity contribution is 5.70. The van der Waals surface area contributed by atoms with Crippen LogP contribution in [0.5, 0.6) is 0 Å². The van der Waals surface area contributed by atoms with E-state index in [1.54, 1.807) is 0 Å². The van der Waals surface area contributed by atoms with Gasteiger partial charge < -0.3 is 14.6 Å². The van der Waals surface area contributed by atoms with Gasteiger partial charge in [-0.05, 0) is 51.4 Å². The molecule has 0 aliphatic heterocycles. The van der Waals surface area contributed by atoms with Gasteiger partial charge in [-0.1, -0.05) is 229 Å². The van der Waals surface area contributed by atoms with Crippen molar-refractivity contribution in [3.63, 3.8) is 0 Å². The highest BCUT2D eigenvalue weighted by atomic mass is 16.6. The minimum Gasteiger partial charge on any atom is -0.462 e. The summed E-state index contributed by atoms with van der Waals surface area (Å²) in [5.41, 5.74) is 0. The van der Waals surface area contributed by atoms with Crippen LogP contribution in [-0.2, 0) is 19.1 Å². The van der Waals surface area contributed by atoms with Crippen molar-refractivity contribution < 1.29 is 24.2 Å². The Kier molecular flexibility index (Phi) is 45.4. The van der Waals surface area contributed by atoms with Gasteiger partial charge in [0, 0.05) is 12.8 Å². The van der Waals surface area contributed by atoms with Crippen LogP contribution in [0, 0.1) is 0 Å². The number of unbranched alkanes of at least 4 members (excludes halogenated alkanes) is 28. The van der Waals surface area contributed by atoms with Gasteiger partial charge in [0.2, 0.25) is 0 Å². The number of ether oxygens (including phenoxy) is 2. The van der Waals surface area contributed by atoms with Crippen LogP contribution < -0.4 is 0 Å². The summed E-state index contributed by atoms with van der Waals surface area (Å²) in [5, 5.41) is 9.56. The number of rotatable bonds is 44. The smallest absolute Gasteiger partial charge is 0.306 e. The zero-order valence-electron chi connectivity index (χ0n) is 37.1. The van der Waals surface area contributed by atoms with E-state index in [-0.39, 0.29) is 25.2 Å². The van der Waals surface area contributed by atoms with E-state index in [2.05, 4.69) is 62.5 Å². The van der Waals surface area contributed by atoms with E-state index < -0.39 is 6.10 Å². The highest BCUT2D eigenvalue weighted by Crippen LogP contribution is 2.16. The van der Waals surface area contributed by atoms with Gasteiger partial charge in [-0.15, -0.1) is 0 Å². The molecule has 0 heterocycles. The van der Waals surface area contributed by atoms with Crippen LogP contribution in [0.15, 0.2) is 48.6 Å². The summed E-state index contributed by atoms with van der Waals surface area (Å²) in [5.74, 6) is -0.584. The van der Waals surface area contributed by atoms with E-state index in [0.29, 0.717) is 12.8 Å². The fraction of sp³-hybridized carbons (Fsp3) is 0.804. The van der Waals surface area contributed by atoms with E-state index in [1.807, 2.05) is 0 Å². The number of allylic oxidation sites excluding steroid dienone is 8. The molecular weight excluding hydrogens is 693 g/mol. The van der Waals surface area contributed by atoms with Crippen molar-refractivity contribution in [3.8, 4) is 0 Å². The van der Waals surface area contributed by atoms with Crippen LogP contribution >= 0.6 is 0 Å². The highest BCUT2D eigenvalue weighted by Gasteiger charge is 2.16. The lowest BCUT2D eigenvalue weighted by molar-refractivity contribution is -0.161. The molecule has 0 saturated heterocycles. The lowest BCUT2D eigenvalue weighted by atomic mass is 10.0. The van der Waals surface area contributed by atoms with Crippen LogP contribution in [0.2, 0.25) is 0 Å². The molecule has 1 atom stereocenters. The molecule has 0 fully saturated rings. The third kappa shape index (κ3) is 44.6. The fourth-order valence-corrected chi connectivity index (χ4v) is 7.02. The molecule has 0 aliphatic carbocycles. The van der Waals surface area contributed by atoms with Crippen molar-refractivity contribution in [3.05, 3.63) is 48.6 Å². The molecule has 5 heteroatoms. The number of hydrogen-bond acceptors (Lipinski definition) is 5. The van der Waals surface area contributed by atoms with E-state index in [0.717, 1.165) is 64.2 Å².